The van der Waals surface area contributed by atoms with Crippen LogP contribution in [0.25, 0.3) is 5.82 Å². The monoisotopic (exact) mass is 363 g/mol. The van der Waals surface area contributed by atoms with Gasteiger partial charge >= 0.3 is 0 Å². The van der Waals surface area contributed by atoms with E-state index in [1.807, 2.05) is 37.4 Å². The Kier molecular flexibility index (Phi) is 4.78. The van der Waals surface area contributed by atoms with Crippen LogP contribution >= 0.6 is 0 Å². The lowest BCUT2D eigenvalue weighted by atomic mass is 9.97. The zero-order valence-electron chi connectivity index (χ0n) is 15.1. The number of amides is 1. The highest BCUT2D eigenvalue weighted by Gasteiger charge is 2.27. The van der Waals surface area contributed by atoms with E-state index in [2.05, 4.69) is 30.3 Å². The van der Waals surface area contributed by atoms with Crippen LogP contribution in [-0.4, -0.2) is 43.7 Å². The highest BCUT2D eigenvalue weighted by atomic mass is 16.2. The molecule has 1 amide bonds. The molecule has 4 rings (SSSR count). The Hall–Kier alpha value is -3.29. The van der Waals surface area contributed by atoms with Gasteiger partial charge in [-0.15, -0.1) is 0 Å². The van der Waals surface area contributed by atoms with Gasteiger partial charge in [-0.05, 0) is 43.5 Å². The molecule has 27 heavy (non-hydrogen) atoms. The fourth-order valence-corrected chi connectivity index (χ4v) is 3.27. The number of aryl methyl sites for hydroxylation is 1. The van der Waals surface area contributed by atoms with Crippen molar-refractivity contribution in [3.05, 3.63) is 54.7 Å². The van der Waals surface area contributed by atoms with E-state index >= 15 is 0 Å². The molecule has 0 radical (unpaired) electrons. The molecule has 0 saturated carbocycles. The van der Waals surface area contributed by atoms with Crippen LogP contribution in [0.15, 0.2) is 49.2 Å². The molecule has 0 bridgehead atoms. The van der Waals surface area contributed by atoms with E-state index in [9.17, 15) is 4.79 Å². The van der Waals surface area contributed by atoms with Crippen molar-refractivity contribution < 1.29 is 4.79 Å². The van der Waals surface area contributed by atoms with Gasteiger partial charge in [0.05, 0.1) is 5.92 Å². The minimum absolute atomic E-state index is 0.000782. The molecule has 1 atom stereocenters. The summed E-state index contributed by atoms with van der Waals surface area (Å²) in [5.74, 6) is 2.01. The van der Waals surface area contributed by atoms with Crippen molar-refractivity contribution in [2.24, 2.45) is 5.92 Å². The Morgan fingerprint density at radius 1 is 1.19 bits per heavy atom. The first-order valence-corrected chi connectivity index (χ1v) is 8.99. The van der Waals surface area contributed by atoms with Crippen LogP contribution in [0.1, 0.15) is 18.4 Å². The molecule has 1 saturated heterocycles. The molecule has 4 heterocycles. The molecule has 1 unspecified atom stereocenters. The van der Waals surface area contributed by atoms with Crippen molar-refractivity contribution in [2.75, 3.05) is 23.3 Å². The number of pyridine rings is 1. The van der Waals surface area contributed by atoms with Crippen molar-refractivity contribution in [1.82, 2.24) is 24.7 Å². The summed E-state index contributed by atoms with van der Waals surface area (Å²) in [6, 6.07) is 7.53. The number of hydrogen-bond acceptors (Lipinski definition) is 6. The number of carbonyl (C=O) groups excluding carboxylic acids is 1. The molecule has 0 spiro atoms. The van der Waals surface area contributed by atoms with Crippen molar-refractivity contribution >= 4 is 17.5 Å². The topological polar surface area (TPSA) is 88.8 Å². The molecule has 1 N–H and O–H groups in total. The molecule has 8 heteroatoms. The van der Waals surface area contributed by atoms with Gasteiger partial charge in [-0.25, -0.2) is 19.6 Å². The maximum Gasteiger partial charge on any atom is 0.230 e. The van der Waals surface area contributed by atoms with E-state index in [1.54, 1.807) is 17.1 Å². The third kappa shape index (κ3) is 3.94. The van der Waals surface area contributed by atoms with Gasteiger partial charge in [-0.3, -0.25) is 4.79 Å². The summed E-state index contributed by atoms with van der Waals surface area (Å²) < 4.78 is 1.70. The fraction of sp³-hybridized carbons (Fsp3) is 0.316. The van der Waals surface area contributed by atoms with Crippen molar-refractivity contribution in [3.63, 3.8) is 0 Å². The van der Waals surface area contributed by atoms with E-state index in [0.717, 1.165) is 30.8 Å². The average molecular weight is 363 g/mol. The van der Waals surface area contributed by atoms with Gasteiger partial charge in [-0.1, -0.05) is 0 Å². The molecule has 1 aliphatic rings. The fourth-order valence-electron chi connectivity index (χ4n) is 3.27. The van der Waals surface area contributed by atoms with Gasteiger partial charge in [0.1, 0.15) is 18.0 Å². The van der Waals surface area contributed by atoms with Crippen LogP contribution < -0.4 is 10.2 Å². The standard InChI is InChI=1S/C19H21N7O/c1-14-5-7-20-16(10-14)24-19(27)15-4-2-8-25(12-15)17-11-18(22-13-21-17)26-9-3-6-23-26/h3,5-7,9-11,13,15H,2,4,8,12H2,1H3,(H,20,24,27). The Labute approximate surface area is 157 Å². The summed E-state index contributed by atoms with van der Waals surface area (Å²) >= 11 is 0. The Balaban J connectivity index is 1.46. The molecular formula is C19H21N7O. The minimum atomic E-state index is -0.107. The van der Waals surface area contributed by atoms with Crippen molar-refractivity contribution in [1.29, 1.82) is 0 Å². The molecule has 8 nitrogen and oxygen atoms in total. The highest BCUT2D eigenvalue weighted by Crippen LogP contribution is 2.23. The summed E-state index contributed by atoms with van der Waals surface area (Å²) in [6.45, 7) is 3.46. The number of anilines is 2. The molecule has 3 aromatic rings. The molecular weight excluding hydrogens is 342 g/mol. The van der Waals surface area contributed by atoms with Gasteiger partial charge in [-0.2, -0.15) is 5.10 Å². The SMILES string of the molecule is Cc1ccnc(NC(=O)C2CCCN(c3cc(-n4cccn4)ncn3)C2)c1. The van der Waals surface area contributed by atoms with Crippen LogP contribution in [0.3, 0.4) is 0 Å². The minimum Gasteiger partial charge on any atom is -0.356 e. The predicted molar refractivity (Wildman–Crippen MR) is 102 cm³/mol. The lowest BCUT2D eigenvalue weighted by Crippen LogP contribution is -2.41. The Morgan fingerprint density at radius 3 is 2.89 bits per heavy atom. The van der Waals surface area contributed by atoms with Gasteiger partial charge in [0.15, 0.2) is 5.82 Å². The number of carbonyl (C=O) groups is 1. The zero-order valence-corrected chi connectivity index (χ0v) is 15.1. The molecule has 1 aliphatic heterocycles. The van der Waals surface area contributed by atoms with Crippen molar-refractivity contribution in [3.8, 4) is 5.82 Å². The van der Waals surface area contributed by atoms with E-state index in [1.165, 1.54) is 6.33 Å². The van der Waals surface area contributed by atoms with Gasteiger partial charge in [0, 0.05) is 37.7 Å². The molecule has 138 valence electrons. The Morgan fingerprint density at radius 2 is 2.07 bits per heavy atom. The van der Waals surface area contributed by atoms with Crippen LogP contribution in [0.2, 0.25) is 0 Å². The third-order valence-electron chi connectivity index (χ3n) is 4.66. The summed E-state index contributed by atoms with van der Waals surface area (Å²) in [6.07, 6.45) is 8.57. The lowest BCUT2D eigenvalue weighted by Gasteiger charge is -2.32. The summed E-state index contributed by atoms with van der Waals surface area (Å²) in [4.78, 5) is 27.7. The lowest BCUT2D eigenvalue weighted by molar-refractivity contribution is -0.120. The second-order valence-electron chi connectivity index (χ2n) is 6.68. The van der Waals surface area contributed by atoms with E-state index in [4.69, 9.17) is 0 Å². The average Bonchev–Trinajstić information content (AvgIpc) is 3.23. The number of nitrogens with one attached hydrogen (secondary N) is 1. The Bertz CT molecular complexity index is 925. The summed E-state index contributed by atoms with van der Waals surface area (Å²) in [7, 11) is 0. The van der Waals surface area contributed by atoms with Crippen LogP contribution in [0.5, 0.6) is 0 Å². The van der Waals surface area contributed by atoms with E-state index in [-0.39, 0.29) is 11.8 Å². The number of hydrogen-bond donors (Lipinski definition) is 1. The van der Waals surface area contributed by atoms with Crippen LogP contribution in [-0.2, 0) is 4.79 Å². The number of rotatable bonds is 4. The van der Waals surface area contributed by atoms with E-state index in [0.29, 0.717) is 18.2 Å². The van der Waals surface area contributed by atoms with Crippen molar-refractivity contribution in [2.45, 2.75) is 19.8 Å². The zero-order chi connectivity index (χ0) is 18.6. The smallest absolute Gasteiger partial charge is 0.230 e. The van der Waals surface area contributed by atoms with E-state index < -0.39 is 0 Å². The largest absolute Gasteiger partial charge is 0.356 e. The number of aromatic nitrogens is 5. The maximum atomic E-state index is 12.7. The second-order valence-corrected chi connectivity index (χ2v) is 6.68. The van der Waals surface area contributed by atoms with Crippen LogP contribution in [0.4, 0.5) is 11.6 Å². The second kappa shape index (κ2) is 7.53. The maximum absolute atomic E-state index is 12.7. The van der Waals surface area contributed by atoms with Crippen LogP contribution in [0, 0.1) is 12.8 Å². The first-order valence-electron chi connectivity index (χ1n) is 8.99. The van der Waals surface area contributed by atoms with Gasteiger partial charge in [0.2, 0.25) is 5.91 Å². The quantitative estimate of drug-likeness (QED) is 0.765. The first kappa shape index (κ1) is 17.1. The normalized spacial score (nSPS) is 16.9. The summed E-state index contributed by atoms with van der Waals surface area (Å²) in [5.41, 5.74) is 1.07. The molecule has 0 aromatic carbocycles. The highest BCUT2D eigenvalue weighted by molar-refractivity contribution is 5.92. The molecule has 0 aliphatic carbocycles. The first-order chi connectivity index (χ1) is 13.2. The predicted octanol–water partition coefficient (Wildman–Crippen LogP) is 2.22. The van der Waals surface area contributed by atoms with Gasteiger partial charge < -0.3 is 10.2 Å². The summed E-state index contributed by atoms with van der Waals surface area (Å²) in [5, 5.41) is 7.14. The molecule has 1 fully saturated rings. The molecule has 3 aromatic heterocycles. The third-order valence-corrected chi connectivity index (χ3v) is 4.66. The van der Waals surface area contributed by atoms with Gasteiger partial charge in [0.25, 0.3) is 0 Å². The number of piperidine rings is 1. The number of nitrogens with zero attached hydrogens (tertiary/aromatic N) is 6.